The van der Waals surface area contributed by atoms with Crippen molar-refractivity contribution >= 4 is 23.3 Å². The topological polar surface area (TPSA) is 33.7 Å². The van der Waals surface area contributed by atoms with E-state index in [0.717, 1.165) is 41.5 Å². The van der Waals surface area contributed by atoms with Crippen LogP contribution in [0.5, 0.6) is 11.5 Å². The minimum Gasteiger partial charge on any atom is -0.493 e. The van der Waals surface area contributed by atoms with Crippen molar-refractivity contribution in [1.82, 2.24) is 4.72 Å². The SMILES string of the molecule is CCCC[C@@]1(CC)CN(c2ccccc2)c2cc(OC)c(OC)cc2SN1. The van der Waals surface area contributed by atoms with Crippen molar-refractivity contribution < 1.29 is 9.47 Å². The van der Waals surface area contributed by atoms with Crippen LogP contribution in [-0.2, 0) is 0 Å². The summed E-state index contributed by atoms with van der Waals surface area (Å²) in [6.45, 7) is 5.46. The summed E-state index contributed by atoms with van der Waals surface area (Å²) in [7, 11) is 3.38. The summed E-state index contributed by atoms with van der Waals surface area (Å²) in [6.07, 6.45) is 4.64. The molecule has 5 heteroatoms. The fourth-order valence-corrected chi connectivity index (χ4v) is 4.65. The molecule has 0 aromatic heterocycles. The van der Waals surface area contributed by atoms with Gasteiger partial charge in [-0.3, -0.25) is 4.72 Å². The van der Waals surface area contributed by atoms with E-state index in [9.17, 15) is 0 Å². The fourth-order valence-electron chi connectivity index (χ4n) is 3.57. The van der Waals surface area contributed by atoms with Crippen molar-refractivity contribution in [2.24, 2.45) is 0 Å². The molecular formula is C22H30N2O2S. The van der Waals surface area contributed by atoms with Gasteiger partial charge in [0.2, 0.25) is 0 Å². The molecular weight excluding hydrogens is 356 g/mol. The van der Waals surface area contributed by atoms with E-state index < -0.39 is 0 Å². The molecule has 1 aliphatic heterocycles. The van der Waals surface area contributed by atoms with Crippen molar-refractivity contribution in [2.45, 2.75) is 50.0 Å². The van der Waals surface area contributed by atoms with Crippen LogP contribution in [0.3, 0.4) is 0 Å². The van der Waals surface area contributed by atoms with Gasteiger partial charge in [0, 0.05) is 29.9 Å². The van der Waals surface area contributed by atoms with Crippen LogP contribution in [0.15, 0.2) is 47.4 Å². The molecule has 0 saturated carbocycles. The number of anilines is 2. The summed E-state index contributed by atoms with van der Waals surface area (Å²) in [4.78, 5) is 3.58. The van der Waals surface area contributed by atoms with Crippen LogP contribution in [0.2, 0.25) is 0 Å². The largest absolute Gasteiger partial charge is 0.493 e. The van der Waals surface area contributed by atoms with E-state index in [1.54, 1.807) is 26.2 Å². The molecule has 4 nitrogen and oxygen atoms in total. The van der Waals surface area contributed by atoms with Gasteiger partial charge in [0.25, 0.3) is 0 Å². The number of benzene rings is 2. The fraction of sp³-hybridized carbons (Fsp3) is 0.455. The second kappa shape index (κ2) is 8.89. The van der Waals surface area contributed by atoms with E-state index >= 15 is 0 Å². The highest BCUT2D eigenvalue weighted by Gasteiger charge is 2.35. The van der Waals surface area contributed by atoms with Crippen molar-refractivity contribution in [3.05, 3.63) is 42.5 Å². The molecule has 1 heterocycles. The van der Waals surface area contributed by atoms with Crippen LogP contribution in [0.1, 0.15) is 39.5 Å². The van der Waals surface area contributed by atoms with Crippen molar-refractivity contribution in [3.8, 4) is 11.5 Å². The summed E-state index contributed by atoms with van der Waals surface area (Å²) in [5.41, 5.74) is 2.41. The normalized spacial score (nSPS) is 19.3. The third-order valence-corrected chi connectivity index (χ3v) is 6.43. The zero-order chi connectivity index (χ0) is 19.3. The van der Waals surface area contributed by atoms with Gasteiger partial charge in [-0.05, 0) is 36.9 Å². The number of ether oxygens (including phenoxy) is 2. The van der Waals surface area contributed by atoms with Gasteiger partial charge in [-0.1, -0.05) is 44.9 Å². The highest BCUT2D eigenvalue weighted by molar-refractivity contribution is 7.97. The molecule has 146 valence electrons. The van der Waals surface area contributed by atoms with Crippen LogP contribution < -0.4 is 19.1 Å². The van der Waals surface area contributed by atoms with Gasteiger partial charge < -0.3 is 14.4 Å². The molecule has 0 unspecified atom stereocenters. The third-order valence-electron chi connectivity index (χ3n) is 5.35. The van der Waals surface area contributed by atoms with Crippen LogP contribution in [0.4, 0.5) is 11.4 Å². The Bertz CT molecular complexity index is 753. The van der Waals surface area contributed by atoms with E-state index in [-0.39, 0.29) is 5.54 Å². The molecule has 0 bridgehead atoms. The average molecular weight is 387 g/mol. The van der Waals surface area contributed by atoms with Gasteiger partial charge in [-0.15, -0.1) is 0 Å². The van der Waals surface area contributed by atoms with Crippen LogP contribution in [-0.4, -0.2) is 26.3 Å². The van der Waals surface area contributed by atoms with Crippen LogP contribution in [0.25, 0.3) is 0 Å². The molecule has 27 heavy (non-hydrogen) atoms. The highest BCUT2D eigenvalue weighted by atomic mass is 32.2. The summed E-state index contributed by atoms with van der Waals surface area (Å²) in [5.74, 6) is 1.52. The lowest BCUT2D eigenvalue weighted by Gasteiger charge is -2.37. The number of nitrogens with one attached hydrogen (secondary N) is 1. The number of hydrogen-bond acceptors (Lipinski definition) is 5. The summed E-state index contributed by atoms with van der Waals surface area (Å²) < 4.78 is 14.9. The van der Waals surface area contributed by atoms with Crippen molar-refractivity contribution in [1.29, 1.82) is 0 Å². The Balaban J connectivity index is 2.10. The number of fused-ring (bicyclic) bond motifs is 1. The smallest absolute Gasteiger partial charge is 0.162 e. The van der Waals surface area contributed by atoms with Crippen molar-refractivity contribution in [3.63, 3.8) is 0 Å². The Morgan fingerprint density at radius 2 is 1.78 bits per heavy atom. The van der Waals surface area contributed by atoms with Gasteiger partial charge in [0.05, 0.1) is 24.8 Å². The molecule has 3 rings (SSSR count). The maximum atomic E-state index is 5.59. The second-order valence-corrected chi connectivity index (χ2v) is 7.89. The zero-order valence-corrected chi connectivity index (χ0v) is 17.6. The average Bonchev–Trinajstić information content (AvgIpc) is 2.89. The lowest BCUT2D eigenvalue weighted by molar-refractivity contribution is 0.350. The number of para-hydroxylation sites is 1. The summed E-state index contributed by atoms with van der Waals surface area (Å²) in [5, 5.41) is 0. The first kappa shape index (κ1) is 19.9. The van der Waals surface area contributed by atoms with Gasteiger partial charge in [0.15, 0.2) is 11.5 Å². The Kier molecular flexibility index (Phi) is 6.55. The highest BCUT2D eigenvalue weighted by Crippen LogP contribution is 2.45. The predicted octanol–water partition coefficient (Wildman–Crippen LogP) is 5.79. The molecule has 2 aromatic carbocycles. The molecule has 1 atom stereocenters. The third kappa shape index (κ3) is 4.19. The van der Waals surface area contributed by atoms with E-state index in [1.165, 1.54) is 18.5 Å². The number of hydrogen-bond donors (Lipinski definition) is 1. The Morgan fingerprint density at radius 1 is 1.07 bits per heavy atom. The number of methoxy groups -OCH3 is 2. The number of rotatable bonds is 7. The molecule has 0 aliphatic carbocycles. The van der Waals surface area contributed by atoms with Gasteiger partial charge >= 0.3 is 0 Å². The van der Waals surface area contributed by atoms with Crippen LogP contribution in [0, 0.1) is 0 Å². The maximum Gasteiger partial charge on any atom is 0.162 e. The van der Waals surface area contributed by atoms with Crippen LogP contribution >= 0.6 is 11.9 Å². The van der Waals surface area contributed by atoms with E-state index in [2.05, 4.69) is 65.9 Å². The molecule has 1 aliphatic rings. The standard InChI is InChI=1S/C22H30N2O2S/c1-5-7-13-22(6-2)16-24(17-11-9-8-10-12-17)18-14-19(25-3)20(26-4)15-21(18)27-23-22/h8-12,14-15,23H,5-7,13,16H2,1-4H3/t22-/m0/s1. The maximum absolute atomic E-state index is 5.59. The number of unbranched alkanes of at least 4 members (excludes halogenated alkanes) is 1. The first-order valence-corrected chi connectivity index (χ1v) is 10.5. The summed E-state index contributed by atoms with van der Waals surface area (Å²) >= 11 is 1.71. The number of nitrogens with zero attached hydrogens (tertiary/aromatic N) is 1. The second-order valence-electron chi connectivity index (χ2n) is 7.04. The molecule has 0 spiro atoms. The van der Waals surface area contributed by atoms with Gasteiger partial charge in [-0.2, -0.15) is 0 Å². The monoisotopic (exact) mass is 386 g/mol. The Hall–Kier alpha value is -1.85. The molecule has 0 saturated heterocycles. The van der Waals surface area contributed by atoms with Gasteiger partial charge in [0.1, 0.15) is 0 Å². The minimum atomic E-state index is 0.0516. The molecule has 0 fully saturated rings. The quantitative estimate of drug-likeness (QED) is 0.609. The first-order valence-electron chi connectivity index (χ1n) is 9.69. The minimum absolute atomic E-state index is 0.0516. The van der Waals surface area contributed by atoms with E-state index in [4.69, 9.17) is 9.47 Å². The molecule has 0 radical (unpaired) electrons. The Labute approximate surface area is 167 Å². The van der Waals surface area contributed by atoms with E-state index in [0.29, 0.717) is 0 Å². The zero-order valence-electron chi connectivity index (χ0n) is 16.7. The Morgan fingerprint density at radius 3 is 2.41 bits per heavy atom. The molecule has 1 N–H and O–H groups in total. The van der Waals surface area contributed by atoms with Gasteiger partial charge in [-0.25, -0.2) is 0 Å². The molecule has 2 aromatic rings. The van der Waals surface area contributed by atoms with Crippen molar-refractivity contribution in [2.75, 3.05) is 25.7 Å². The lowest BCUT2D eigenvalue weighted by atomic mass is 9.89. The predicted molar refractivity (Wildman–Crippen MR) is 115 cm³/mol. The molecule has 0 amide bonds. The van der Waals surface area contributed by atoms with E-state index in [1.807, 2.05) is 0 Å². The lowest BCUT2D eigenvalue weighted by Crippen LogP contribution is -2.48. The first-order chi connectivity index (χ1) is 13.2. The summed E-state index contributed by atoms with van der Waals surface area (Å²) in [6, 6.07) is 14.8.